The SMILES string of the molecule is CC(C)(C)OC(=O)NC1CCN(C2CCCC([N+](=O)[O-])N2)C1. The Balaban J connectivity index is 1.80. The smallest absolute Gasteiger partial charge is 0.407 e. The highest BCUT2D eigenvalue weighted by Crippen LogP contribution is 2.20. The van der Waals surface area contributed by atoms with Crippen LogP contribution in [0, 0.1) is 10.1 Å². The molecule has 1 amide bonds. The number of piperidine rings is 1. The summed E-state index contributed by atoms with van der Waals surface area (Å²) in [4.78, 5) is 24.6. The van der Waals surface area contributed by atoms with Crippen LogP contribution in [0.2, 0.25) is 0 Å². The first kappa shape index (κ1) is 17.0. The lowest BCUT2D eigenvalue weighted by molar-refractivity contribution is -0.534. The first-order valence-electron chi connectivity index (χ1n) is 7.88. The first-order valence-corrected chi connectivity index (χ1v) is 7.88. The standard InChI is InChI=1S/C14H26N4O4/c1-14(2,3)22-13(19)15-10-7-8-17(9-10)11-5-4-6-12(16-11)18(20)21/h10-12,16H,4-9H2,1-3H3,(H,15,19). The lowest BCUT2D eigenvalue weighted by Crippen LogP contribution is -2.54. The van der Waals surface area contributed by atoms with Crippen LogP contribution in [-0.2, 0) is 4.74 Å². The Morgan fingerprint density at radius 1 is 1.36 bits per heavy atom. The molecule has 2 heterocycles. The molecule has 8 heteroatoms. The molecule has 0 aliphatic carbocycles. The van der Waals surface area contributed by atoms with Crippen molar-refractivity contribution in [3.8, 4) is 0 Å². The van der Waals surface area contributed by atoms with Crippen LogP contribution < -0.4 is 10.6 Å². The van der Waals surface area contributed by atoms with E-state index in [1.807, 2.05) is 20.8 Å². The van der Waals surface area contributed by atoms with Gasteiger partial charge >= 0.3 is 6.09 Å². The minimum atomic E-state index is -0.656. The molecule has 22 heavy (non-hydrogen) atoms. The van der Waals surface area contributed by atoms with Gasteiger partial charge in [-0.1, -0.05) is 0 Å². The normalized spacial score (nSPS) is 30.0. The Morgan fingerprint density at radius 2 is 2.09 bits per heavy atom. The topological polar surface area (TPSA) is 96.7 Å². The van der Waals surface area contributed by atoms with E-state index in [2.05, 4.69) is 15.5 Å². The quantitative estimate of drug-likeness (QED) is 0.602. The average molecular weight is 314 g/mol. The number of nitro groups is 1. The number of alkyl carbamates (subject to hydrolysis) is 1. The van der Waals surface area contributed by atoms with Crippen molar-refractivity contribution < 1.29 is 14.5 Å². The summed E-state index contributed by atoms with van der Waals surface area (Å²) in [7, 11) is 0. The van der Waals surface area contributed by atoms with Crippen LogP contribution in [0.3, 0.4) is 0 Å². The molecule has 126 valence electrons. The molecule has 0 aromatic carbocycles. The van der Waals surface area contributed by atoms with Crippen molar-refractivity contribution in [3.63, 3.8) is 0 Å². The molecular formula is C14H26N4O4. The van der Waals surface area contributed by atoms with E-state index in [0.717, 1.165) is 25.8 Å². The fraction of sp³-hybridized carbons (Fsp3) is 0.929. The third-order valence-electron chi connectivity index (χ3n) is 3.98. The molecule has 3 atom stereocenters. The molecule has 2 saturated heterocycles. The molecule has 2 N–H and O–H groups in total. The summed E-state index contributed by atoms with van der Waals surface area (Å²) in [6, 6.07) is 0.0348. The number of rotatable bonds is 3. The molecule has 0 bridgehead atoms. The number of nitrogens with one attached hydrogen (secondary N) is 2. The Bertz CT molecular complexity index is 424. The highest BCUT2D eigenvalue weighted by Gasteiger charge is 2.35. The maximum absolute atomic E-state index is 11.8. The van der Waals surface area contributed by atoms with E-state index in [4.69, 9.17) is 4.74 Å². The van der Waals surface area contributed by atoms with Crippen molar-refractivity contribution in [1.82, 2.24) is 15.5 Å². The Morgan fingerprint density at radius 3 is 2.73 bits per heavy atom. The molecule has 0 aromatic rings. The van der Waals surface area contributed by atoms with E-state index in [9.17, 15) is 14.9 Å². The first-order chi connectivity index (χ1) is 10.2. The molecule has 0 spiro atoms. The Labute approximate surface area is 130 Å². The molecule has 0 radical (unpaired) electrons. The zero-order valence-electron chi connectivity index (χ0n) is 13.5. The Kier molecular flexibility index (Phi) is 5.23. The van der Waals surface area contributed by atoms with Crippen molar-refractivity contribution in [3.05, 3.63) is 10.1 Å². The number of likely N-dealkylation sites (tertiary alicyclic amines) is 1. The van der Waals surface area contributed by atoms with Crippen molar-refractivity contribution in [2.75, 3.05) is 13.1 Å². The summed E-state index contributed by atoms with van der Waals surface area (Å²) in [5.74, 6) is 0. The monoisotopic (exact) mass is 314 g/mol. The van der Waals surface area contributed by atoms with Gasteiger partial charge in [0, 0.05) is 30.5 Å². The summed E-state index contributed by atoms with van der Waals surface area (Å²) in [5, 5.41) is 16.9. The summed E-state index contributed by atoms with van der Waals surface area (Å²) in [6.07, 6.45) is 2.13. The van der Waals surface area contributed by atoms with Gasteiger partial charge in [0.05, 0.1) is 6.17 Å². The van der Waals surface area contributed by atoms with Crippen LogP contribution >= 0.6 is 0 Å². The third-order valence-corrected chi connectivity index (χ3v) is 3.98. The van der Waals surface area contributed by atoms with Crippen LogP contribution in [0.5, 0.6) is 0 Å². The predicted octanol–water partition coefficient (Wildman–Crippen LogP) is 1.29. The molecule has 8 nitrogen and oxygen atoms in total. The van der Waals surface area contributed by atoms with Crippen molar-refractivity contribution in [1.29, 1.82) is 0 Å². The van der Waals surface area contributed by atoms with E-state index < -0.39 is 17.9 Å². The Hall–Kier alpha value is -1.41. The van der Waals surface area contributed by atoms with Crippen LogP contribution in [-0.4, -0.2) is 53.0 Å². The van der Waals surface area contributed by atoms with Gasteiger partial charge in [-0.15, -0.1) is 0 Å². The van der Waals surface area contributed by atoms with Gasteiger partial charge in [-0.2, -0.15) is 0 Å². The average Bonchev–Trinajstić information content (AvgIpc) is 2.85. The maximum Gasteiger partial charge on any atom is 0.407 e. The van der Waals surface area contributed by atoms with Gasteiger partial charge in [-0.05, 0) is 40.0 Å². The van der Waals surface area contributed by atoms with Crippen LogP contribution in [0.1, 0.15) is 46.5 Å². The second-order valence-electron chi connectivity index (χ2n) is 7.04. The molecule has 3 unspecified atom stereocenters. The van der Waals surface area contributed by atoms with E-state index in [1.165, 1.54) is 0 Å². The van der Waals surface area contributed by atoms with Gasteiger partial charge in [0.15, 0.2) is 0 Å². The molecule has 2 aliphatic rings. The lowest BCUT2D eigenvalue weighted by atomic mass is 10.1. The number of hydrogen-bond acceptors (Lipinski definition) is 6. The molecule has 2 rings (SSSR count). The number of carbonyl (C=O) groups excluding carboxylic acids is 1. The maximum atomic E-state index is 11.8. The van der Waals surface area contributed by atoms with Crippen molar-refractivity contribution in [2.24, 2.45) is 0 Å². The number of amides is 1. The molecule has 0 saturated carbocycles. The number of hydrogen-bond donors (Lipinski definition) is 2. The fourth-order valence-corrected chi connectivity index (χ4v) is 3.01. The minimum absolute atomic E-state index is 0.0228. The third kappa shape index (κ3) is 4.81. The molecule has 2 aliphatic heterocycles. The van der Waals surface area contributed by atoms with Crippen LogP contribution in [0.15, 0.2) is 0 Å². The van der Waals surface area contributed by atoms with Gasteiger partial charge in [-0.25, -0.2) is 10.1 Å². The number of carbonyl (C=O) groups is 1. The predicted molar refractivity (Wildman–Crippen MR) is 80.9 cm³/mol. The van der Waals surface area contributed by atoms with Gasteiger partial charge in [-0.3, -0.25) is 15.0 Å². The van der Waals surface area contributed by atoms with Crippen LogP contribution in [0.25, 0.3) is 0 Å². The van der Waals surface area contributed by atoms with Crippen molar-refractivity contribution >= 4 is 6.09 Å². The summed E-state index contributed by atoms with van der Waals surface area (Å²) in [5.41, 5.74) is -0.508. The van der Waals surface area contributed by atoms with E-state index >= 15 is 0 Å². The van der Waals surface area contributed by atoms with Gasteiger partial charge in [0.25, 0.3) is 6.17 Å². The molecule has 2 fully saturated rings. The van der Waals surface area contributed by atoms with Crippen LogP contribution in [0.4, 0.5) is 4.79 Å². The second-order valence-corrected chi connectivity index (χ2v) is 7.04. The zero-order valence-corrected chi connectivity index (χ0v) is 13.5. The fourth-order valence-electron chi connectivity index (χ4n) is 3.01. The summed E-state index contributed by atoms with van der Waals surface area (Å²) >= 11 is 0. The van der Waals surface area contributed by atoms with Crippen molar-refractivity contribution in [2.45, 2.75) is 70.4 Å². The zero-order chi connectivity index (χ0) is 16.3. The summed E-state index contributed by atoms with van der Waals surface area (Å²) in [6.45, 7) is 7.01. The highest BCUT2D eigenvalue weighted by molar-refractivity contribution is 5.68. The van der Waals surface area contributed by atoms with E-state index in [0.29, 0.717) is 13.0 Å². The largest absolute Gasteiger partial charge is 0.444 e. The second kappa shape index (κ2) is 6.78. The summed E-state index contributed by atoms with van der Waals surface area (Å²) < 4.78 is 5.26. The van der Waals surface area contributed by atoms with Gasteiger partial charge in [0.2, 0.25) is 0 Å². The molecule has 0 aromatic heterocycles. The minimum Gasteiger partial charge on any atom is -0.444 e. The van der Waals surface area contributed by atoms with E-state index in [-0.39, 0.29) is 17.1 Å². The van der Waals surface area contributed by atoms with Gasteiger partial charge in [0.1, 0.15) is 5.60 Å². The number of nitrogens with zero attached hydrogens (tertiary/aromatic N) is 2. The highest BCUT2D eigenvalue weighted by atomic mass is 16.6. The lowest BCUT2D eigenvalue weighted by Gasteiger charge is -2.33. The molecular weight excluding hydrogens is 288 g/mol. The number of ether oxygens (including phenoxy) is 1. The van der Waals surface area contributed by atoms with Gasteiger partial charge < -0.3 is 10.1 Å². The van der Waals surface area contributed by atoms with E-state index in [1.54, 1.807) is 0 Å².